The standard InChI is InChI=1S/C27H24N2O4/c1-19(30)33-25-17-20(11-13-24(25)32-2)12-14-26(31)28-23-10-6-9-22-15-16-29(27(22)23)18-21-7-4-3-5-8-21/h3-17H,18H2,1-2H3,(H,28,31). The Hall–Kier alpha value is -4.32. The van der Waals surface area contributed by atoms with Gasteiger partial charge in [-0.2, -0.15) is 0 Å². The van der Waals surface area contributed by atoms with Crippen molar-refractivity contribution in [3.05, 3.63) is 96.2 Å². The van der Waals surface area contributed by atoms with Gasteiger partial charge in [0.2, 0.25) is 5.91 Å². The van der Waals surface area contributed by atoms with Crippen molar-refractivity contribution in [1.82, 2.24) is 4.57 Å². The van der Waals surface area contributed by atoms with Gasteiger partial charge in [-0.1, -0.05) is 48.5 Å². The normalized spacial score (nSPS) is 11.0. The molecule has 0 radical (unpaired) electrons. The maximum Gasteiger partial charge on any atom is 0.308 e. The molecule has 0 aliphatic carbocycles. The van der Waals surface area contributed by atoms with Crippen molar-refractivity contribution >= 4 is 34.5 Å². The Kier molecular flexibility index (Phi) is 6.55. The number of hydrogen-bond donors (Lipinski definition) is 1. The monoisotopic (exact) mass is 440 g/mol. The Bertz CT molecular complexity index is 1320. The van der Waals surface area contributed by atoms with Crippen LogP contribution in [0.15, 0.2) is 85.1 Å². The van der Waals surface area contributed by atoms with Crippen LogP contribution in [-0.4, -0.2) is 23.6 Å². The molecule has 1 aromatic heterocycles. The maximum atomic E-state index is 12.7. The third-order valence-corrected chi connectivity index (χ3v) is 5.11. The molecule has 0 atom stereocenters. The molecule has 1 N–H and O–H groups in total. The van der Waals surface area contributed by atoms with E-state index in [4.69, 9.17) is 9.47 Å². The van der Waals surface area contributed by atoms with Crippen LogP contribution in [-0.2, 0) is 16.1 Å². The van der Waals surface area contributed by atoms with E-state index in [0.717, 1.165) is 16.6 Å². The number of rotatable bonds is 7. The molecule has 0 saturated carbocycles. The predicted octanol–water partition coefficient (Wildman–Crippen LogP) is 5.28. The Morgan fingerprint density at radius 3 is 2.55 bits per heavy atom. The Labute approximate surface area is 192 Å². The summed E-state index contributed by atoms with van der Waals surface area (Å²) in [5.41, 5.74) is 3.58. The van der Waals surface area contributed by atoms with E-state index in [2.05, 4.69) is 22.0 Å². The molecule has 0 saturated heterocycles. The molecule has 0 bridgehead atoms. The van der Waals surface area contributed by atoms with Crippen LogP contribution in [0.3, 0.4) is 0 Å². The Morgan fingerprint density at radius 2 is 1.79 bits per heavy atom. The first-order valence-electron chi connectivity index (χ1n) is 10.5. The number of fused-ring (bicyclic) bond motifs is 1. The molecule has 166 valence electrons. The summed E-state index contributed by atoms with van der Waals surface area (Å²) in [6, 6.07) is 23.2. The number of para-hydroxylation sites is 1. The van der Waals surface area contributed by atoms with Crippen molar-refractivity contribution in [3.8, 4) is 11.5 Å². The first-order valence-corrected chi connectivity index (χ1v) is 10.5. The van der Waals surface area contributed by atoms with Gasteiger partial charge in [0.25, 0.3) is 0 Å². The molecule has 0 unspecified atom stereocenters. The van der Waals surface area contributed by atoms with E-state index in [9.17, 15) is 9.59 Å². The topological polar surface area (TPSA) is 69.6 Å². The van der Waals surface area contributed by atoms with Gasteiger partial charge in [-0.3, -0.25) is 9.59 Å². The molecule has 6 heteroatoms. The fourth-order valence-electron chi connectivity index (χ4n) is 3.65. The fourth-order valence-corrected chi connectivity index (χ4v) is 3.65. The number of carbonyl (C=O) groups excluding carboxylic acids is 2. The van der Waals surface area contributed by atoms with Crippen LogP contribution in [0.1, 0.15) is 18.1 Å². The lowest BCUT2D eigenvalue weighted by molar-refractivity contribution is -0.132. The molecule has 33 heavy (non-hydrogen) atoms. The highest BCUT2D eigenvalue weighted by molar-refractivity contribution is 6.06. The second-order valence-corrected chi connectivity index (χ2v) is 7.50. The number of nitrogens with zero attached hydrogens (tertiary/aromatic N) is 1. The van der Waals surface area contributed by atoms with E-state index >= 15 is 0 Å². The number of aromatic nitrogens is 1. The van der Waals surface area contributed by atoms with Gasteiger partial charge in [-0.15, -0.1) is 0 Å². The summed E-state index contributed by atoms with van der Waals surface area (Å²) >= 11 is 0. The van der Waals surface area contributed by atoms with Crippen LogP contribution in [0.25, 0.3) is 17.0 Å². The van der Waals surface area contributed by atoms with Crippen LogP contribution in [0.5, 0.6) is 11.5 Å². The minimum absolute atomic E-state index is 0.264. The number of anilines is 1. The summed E-state index contributed by atoms with van der Waals surface area (Å²) in [5.74, 6) is 0.0345. The van der Waals surface area contributed by atoms with Gasteiger partial charge in [0.1, 0.15) is 0 Å². The van der Waals surface area contributed by atoms with Gasteiger partial charge in [0, 0.05) is 31.1 Å². The van der Waals surface area contributed by atoms with E-state index in [0.29, 0.717) is 23.6 Å². The van der Waals surface area contributed by atoms with Gasteiger partial charge in [0.15, 0.2) is 11.5 Å². The second-order valence-electron chi connectivity index (χ2n) is 7.50. The summed E-state index contributed by atoms with van der Waals surface area (Å²) in [4.78, 5) is 24.0. The minimum Gasteiger partial charge on any atom is -0.493 e. The largest absolute Gasteiger partial charge is 0.493 e. The second kappa shape index (κ2) is 9.87. The average molecular weight is 440 g/mol. The number of methoxy groups -OCH3 is 1. The molecule has 0 aliphatic heterocycles. The fraction of sp³-hybridized carbons (Fsp3) is 0.111. The van der Waals surface area contributed by atoms with Crippen LogP contribution in [0.2, 0.25) is 0 Å². The van der Waals surface area contributed by atoms with Crippen LogP contribution in [0, 0.1) is 0 Å². The number of amides is 1. The van der Waals surface area contributed by atoms with Crippen molar-refractivity contribution in [3.63, 3.8) is 0 Å². The molecule has 0 fully saturated rings. The molecular formula is C27H24N2O4. The zero-order valence-corrected chi connectivity index (χ0v) is 18.4. The van der Waals surface area contributed by atoms with Crippen molar-refractivity contribution in [2.75, 3.05) is 12.4 Å². The van der Waals surface area contributed by atoms with Gasteiger partial charge < -0.3 is 19.4 Å². The molecule has 3 aromatic carbocycles. The van der Waals surface area contributed by atoms with Crippen LogP contribution >= 0.6 is 0 Å². The lowest BCUT2D eigenvalue weighted by Gasteiger charge is -2.11. The number of benzene rings is 3. The zero-order valence-electron chi connectivity index (χ0n) is 18.4. The van der Waals surface area contributed by atoms with E-state index < -0.39 is 5.97 Å². The highest BCUT2D eigenvalue weighted by Gasteiger charge is 2.10. The first kappa shape index (κ1) is 21.9. The number of hydrogen-bond acceptors (Lipinski definition) is 4. The van der Waals surface area contributed by atoms with Gasteiger partial charge in [-0.05, 0) is 41.5 Å². The number of esters is 1. The lowest BCUT2D eigenvalue weighted by Crippen LogP contribution is -2.09. The molecule has 4 aromatic rings. The maximum absolute atomic E-state index is 12.7. The lowest BCUT2D eigenvalue weighted by atomic mass is 10.1. The SMILES string of the molecule is COc1ccc(C=CC(=O)Nc2cccc3ccn(Cc4ccccc4)c23)cc1OC(C)=O. The summed E-state index contributed by atoms with van der Waals surface area (Å²) in [7, 11) is 1.50. The van der Waals surface area contributed by atoms with E-state index in [1.165, 1.54) is 25.7 Å². The Morgan fingerprint density at radius 1 is 0.970 bits per heavy atom. The van der Waals surface area contributed by atoms with E-state index in [1.54, 1.807) is 24.3 Å². The van der Waals surface area contributed by atoms with Crippen molar-refractivity contribution in [1.29, 1.82) is 0 Å². The van der Waals surface area contributed by atoms with Crippen molar-refractivity contribution in [2.45, 2.75) is 13.5 Å². The molecule has 6 nitrogen and oxygen atoms in total. The number of carbonyl (C=O) groups is 2. The highest BCUT2D eigenvalue weighted by Crippen LogP contribution is 2.29. The molecule has 0 aliphatic rings. The number of nitrogens with one attached hydrogen (secondary N) is 1. The molecule has 1 amide bonds. The number of ether oxygens (including phenoxy) is 2. The quantitative estimate of drug-likeness (QED) is 0.241. The van der Waals surface area contributed by atoms with Gasteiger partial charge in [-0.25, -0.2) is 0 Å². The van der Waals surface area contributed by atoms with E-state index in [-0.39, 0.29) is 5.91 Å². The zero-order chi connectivity index (χ0) is 23.2. The van der Waals surface area contributed by atoms with Gasteiger partial charge in [0.05, 0.1) is 18.3 Å². The van der Waals surface area contributed by atoms with Gasteiger partial charge >= 0.3 is 5.97 Å². The van der Waals surface area contributed by atoms with Crippen molar-refractivity contribution < 1.29 is 19.1 Å². The van der Waals surface area contributed by atoms with Crippen molar-refractivity contribution in [2.24, 2.45) is 0 Å². The third-order valence-electron chi connectivity index (χ3n) is 5.11. The van der Waals surface area contributed by atoms with E-state index in [1.807, 2.05) is 48.7 Å². The summed E-state index contributed by atoms with van der Waals surface area (Å²) in [6.07, 6.45) is 5.13. The summed E-state index contributed by atoms with van der Waals surface area (Å²) < 4.78 is 12.5. The first-order chi connectivity index (χ1) is 16.0. The summed E-state index contributed by atoms with van der Waals surface area (Å²) in [6.45, 7) is 2.03. The molecule has 1 heterocycles. The Balaban J connectivity index is 1.54. The predicted molar refractivity (Wildman–Crippen MR) is 129 cm³/mol. The summed E-state index contributed by atoms with van der Waals surface area (Å²) in [5, 5.41) is 4.03. The molecular weight excluding hydrogens is 416 g/mol. The smallest absolute Gasteiger partial charge is 0.308 e. The average Bonchev–Trinajstić information content (AvgIpc) is 3.22. The molecule has 4 rings (SSSR count). The highest BCUT2D eigenvalue weighted by atomic mass is 16.6. The third kappa shape index (κ3) is 5.30. The van der Waals surface area contributed by atoms with Crippen LogP contribution < -0.4 is 14.8 Å². The van der Waals surface area contributed by atoms with Crippen LogP contribution in [0.4, 0.5) is 5.69 Å². The minimum atomic E-state index is -0.446. The molecule has 0 spiro atoms.